The average molecular weight is 237 g/mol. The number of aromatic hydroxyl groups is 1. The first kappa shape index (κ1) is 10.5. The number of para-hydroxylation sites is 3. The van der Waals surface area contributed by atoms with Gasteiger partial charge in [0, 0.05) is 11.8 Å². The summed E-state index contributed by atoms with van der Waals surface area (Å²) >= 11 is 0. The van der Waals surface area contributed by atoms with Crippen LogP contribution < -0.4 is 0 Å². The van der Waals surface area contributed by atoms with Crippen LogP contribution in [0.15, 0.2) is 53.5 Å². The van der Waals surface area contributed by atoms with Gasteiger partial charge in [-0.3, -0.25) is 0 Å². The van der Waals surface area contributed by atoms with Gasteiger partial charge in [-0.05, 0) is 24.3 Å². The van der Waals surface area contributed by atoms with Crippen LogP contribution in [0.5, 0.6) is 5.75 Å². The molecule has 18 heavy (non-hydrogen) atoms. The summed E-state index contributed by atoms with van der Waals surface area (Å²) in [4.78, 5) is 11.6. The molecule has 2 N–H and O–H groups in total. The van der Waals surface area contributed by atoms with Crippen LogP contribution in [0.4, 0.5) is 5.95 Å². The Morgan fingerprint density at radius 1 is 1.06 bits per heavy atom. The number of nitrogens with one attached hydrogen (secondary N) is 1. The van der Waals surface area contributed by atoms with Gasteiger partial charge in [0.1, 0.15) is 5.75 Å². The number of aromatic nitrogens is 2. The number of rotatable bonds is 2. The summed E-state index contributed by atoms with van der Waals surface area (Å²) in [6, 6.07) is 14.8. The van der Waals surface area contributed by atoms with Crippen LogP contribution in [0.3, 0.4) is 0 Å². The van der Waals surface area contributed by atoms with Gasteiger partial charge in [0.25, 0.3) is 0 Å². The molecule has 3 aromatic rings. The lowest BCUT2D eigenvalue weighted by Gasteiger charge is -1.95. The lowest BCUT2D eigenvalue weighted by atomic mass is 10.2. The van der Waals surface area contributed by atoms with Gasteiger partial charge in [0.05, 0.1) is 11.0 Å². The highest BCUT2D eigenvalue weighted by molar-refractivity contribution is 5.85. The summed E-state index contributed by atoms with van der Waals surface area (Å²) in [6.45, 7) is 0. The zero-order valence-electron chi connectivity index (χ0n) is 9.54. The Morgan fingerprint density at radius 2 is 1.83 bits per heavy atom. The van der Waals surface area contributed by atoms with Gasteiger partial charge in [-0.2, -0.15) is 0 Å². The van der Waals surface area contributed by atoms with E-state index in [9.17, 15) is 5.11 Å². The molecule has 4 nitrogen and oxygen atoms in total. The monoisotopic (exact) mass is 237 g/mol. The molecule has 1 heterocycles. The van der Waals surface area contributed by atoms with Crippen LogP contribution in [0.2, 0.25) is 0 Å². The minimum atomic E-state index is 0.206. The summed E-state index contributed by atoms with van der Waals surface area (Å²) in [5, 5.41) is 9.61. The molecular weight excluding hydrogens is 226 g/mol. The highest BCUT2D eigenvalue weighted by Crippen LogP contribution is 2.17. The number of imidazole rings is 1. The second kappa shape index (κ2) is 4.33. The largest absolute Gasteiger partial charge is 0.507 e. The van der Waals surface area contributed by atoms with Gasteiger partial charge in [-0.15, -0.1) is 0 Å². The molecule has 0 fully saturated rings. The number of fused-ring (bicyclic) bond motifs is 1. The molecule has 0 unspecified atom stereocenters. The Bertz CT molecular complexity index is 683. The quantitative estimate of drug-likeness (QED) is 0.673. The molecule has 0 aliphatic heterocycles. The van der Waals surface area contributed by atoms with Crippen LogP contribution in [0.1, 0.15) is 5.56 Å². The van der Waals surface area contributed by atoms with E-state index in [1.54, 1.807) is 24.4 Å². The van der Waals surface area contributed by atoms with Crippen molar-refractivity contribution in [2.24, 2.45) is 4.99 Å². The van der Waals surface area contributed by atoms with E-state index in [-0.39, 0.29) is 5.75 Å². The predicted molar refractivity (Wildman–Crippen MR) is 71.5 cm³/mol. The van der Waals surface area contributed by atoms with Crippen LogP contribution in [-0.2, 0) is 0 Å². The van der Waals surface area contributed by atoms with E-state index in [4.69, 9.17) is 0 Å². The van der Waals surface area contributed by atoms with Crippen molar-refractivity contribution in [2.45, 2.75) is 0 Å². The van der Waals surface area contributed by atoms with Gasteiger partial charge < -0.3 is 10.1 Å². The minimum absolute atomic E-state index is 0.206. The van der Waals surface area contributed by atoms with Gasteiger partial charge >= 0.3 is 0 Å². The molecule has 0 atom stereocenters. The number of H-pyrrole nitrogens is 1. The van der Waals surface area contributed by atoms with Gasteiger partial charge in [0.2, 0.25) is 5.95 Å². The number of hydrogen-bond donors (Lipinski definition) is 2. The van der Waals surface area contributed by atoms with E-state index in [1.165, 1.54) is 0 Å². The fourth-order valence-electron chi connectivity index (χ4n) is 1.73. The predicted octanol–water partition coefficient (Wildman–Crippen LogP) is 3.02. The smallest absolute Gasteiger partial charge is 0.227 e. The first-order chi connectivity index (χ1) is 8.83. The lowest BCUT2D eigenvalue weighted by Crippen LogP contribution is -1.81. The minimum Gasteiger partial charge on any atom is -0.507 e. The summed E-state index contributed by atoms with van der Waals surface area (Å²) in [5.41, 5.74) is 2.49. The summed E-state index contributed by atoms with van der Waals surface area (Å²) in [5.74, 6) is 0.733. The second-order valence-corrected chi connectivity index (χ2v) is 3.89. The third-order valence-electron chi connectivity index (χ3n) is 2.64. The highest BCUT2D eigenvalue weighted by atomic mass is 16.3. The molecule has 3 rings (SSSR count). The first-order valence-corrected chi connectivity index (χ1v) is 5.60. The van der Waals surface area contributed by atoms with Crippen LogP contribution in [0.25, 0.3) is 11.0 Å². The molecule has 0 aliphatic carbocycles. The van der Waals surface area contributed by atoms with Crippen molar-refractivity contribution in [2.75, 3.05) is 0 Å². The normalized spacial score (nSPS) is 11.3. The Balaban J connectivity index is 1.95. The molecule has 0 aliphatic rings. The molecule has 4 heteroatoms. The molecule has 88 valence electrons. The van der Waals surface area contributed by atoms with E-state index in [2.05, 4.69) is 15.0 Å². The van der Waals surface area contributed by atoms with Crippen molar-refractivity contribution >= 4 is 23.2 Å². The van der Waals surface area contributed by atoms with Crippen molar-refractivity contribution in [1.82, 2.24) is 9.97 Å². The maximum atomic E-state index is 9.61. The van der Waals surface area contributed by atoms with E-state index in [1.807, 2.05) is 30.3 Å². The van der Waals surface area contributed by atoms with Crippen molar-refractivity contribution < 1.29 is 5.11 Å². The van der Waals surface area contributed by atoms with Crippen LogP contribution in [0, 0.1) is 0 Å². The summed E-state index contributed by atoms with van der Waals surface area (Å²) < 4.78 is 0. The number of nitrogens with zero attached hydrogens (tertiary/aromatic N) is 2. The van der Waals surface area contributed by atoms with Gasteiger partial charge in [0.15, 0.2) is 0 Å². The highest BCUT2D eigenvalue weighted by Gasteiger charge is 2.00. The zero-order chi connectivity index (χ0) is 12.4. The van der Waals surface area contributed by atoms with Crippen LogP contribution in [-0.4, -0.2) is 21.3 Å². The zero-order valence-corrected chi connectivity index (χ0v) is 9.54. The number of phenols is 1. The third kappa shape index (κ3) is 1.96. The summed E-state index contributed by atoms with van der Waals surface area (Å²) in [6.07, 6.45) is 1.59. The van der Waals surface area contributed by atoms with Crippen molar-refractivity contribution in [3.05, 3.63) is 54.1 Å². The Morgan fingerprint density at radius 3 is 2.67 bits per heavy atom. The molecule has 0 amide bonds. The molecular formula is C14H11N3O. The fraction of sp³-hybridized carbons (Fsp3) is 0. The van der Waals surface area contributed by atoms with Crippen molar-refractivity contribution in [3.63, 3.8) is 0 Å². The average Bonchev–Trinajstić information content (AvgIpc) is 2.80. The topological polar surface area (TPSA) is 61.3 Å². The SMILES string of the molecule is Oc1ccccc1/C=N/c1nc2ccccc2[nH]1. The third-order valence-corrected chi connectivity index (χ3v) is 2.64. The van der Waals surface area contributed by atoms with Crippen molar-refractivity contribution in [1.29, 1.82) is 0 Å². The number of aliphatic imine (C=N–C) groups is 1. The Hall–Kier alpha value is -2.62. The maximum absolute atomic E-state index is 9.61. The molecule has 0 saturated heterocycles. The molecule has 0 saturated carbocycles. The molecule has 0 bridgehead atoms. The first-order valence-electron chi connectivity index (χ1n) is 5.60. The van der Waals surface area contributed by atoms with E-state index < -0.39 is 0 Å². The standard InChI is InChI=1S/C14H11N3O/c18-13-8-4-1-5-10(13)9-15-14-16-11-6-2-3-7-12(11)17-14/h1-9,18H,(H,16,17)/b15-9+. The Labute approximate surface area is 104 Å². The van der Waals surface area contributed by atoms with E-state index >= 15 is 0 Å². The molecule has 0 radical (unpaired) electrons. The summed E-state index contributed by atoms with van der Waals surface area (Å²) in [7, 11) is 0. The second-order valence-electron chi connectivity index (χ2n) is 3.89. The van der Waals surface area contributed by atoms with Crippen LogP contribution >= 0.6 is 0 Å². The molecule has 1 aromatic heterocycles. The maximum Gasteiger partial charge on any atom is 0.227 e. The van der Waals surface area contributed by atoms with Gasteiger partial charge in [-0.1, -0.05) is 24.3 Å². The number of benzene rings is 2. The number of aromatic amines is 1. The molecule has 0 spiro atoms. The number of hydrogen-bond acceptors (Lipinski definition) is 3. The van der Waals surface area contributed by atoms with Gasteiger partial charge in [-0.25, -0.2) is 9.98 Å². The van der Waals surface area contributed by atoms with Crippen molar-refractivity contribution in [3.8, 4) is 5.75 Å². The lowest BCUT2D eigenvalue weighted by molar-refractivity contribution is 0.474. The molecule has 2 aromatic carbocycles. The fourth-order valence-corrected chi connectivity index (χ4v) is 1.73. The van der Waals surface area contributed by atoms with E-state index in [0.717, 1.165) is 11.0 Å². The number of phenolic OH excluding ortho intramolecular Hbond substituents is 1. The van der Waals surface area contributed by atoms with E-state index in [0.29, 0.717) is 11.5 Å². The Kier molecular flexibility index (Phi) is 2.53.